The second kappa shape index (κ2) is 4.90. The predicted molar refractivity (Wildman–Crippen MR) is 31.6 cm³/mol. The van der Waals surface area contributed by atoms with Crippen LogP contribution in [0.2, 0.25) is 0 Å². The van der Waals surface area contributed by atoms with Crippen molar-refractivity contribution in [3.8, 4) is 0 Å². The molecule has 0 aliphatic carbocycles. The third-order valence-corrected chi connectivity index (χ3v) is 1.56. The van der Waals surface area contributed by atoms with Crippen molar-refractivity contribution in [2.45, 2.75) is 6.54 Å². The van der Waals surface area contributed by atoms with Crippen LogP contribution in [0.25, 0.3) is 0 Å². The molecular formula is C5H8BrNOS. The number of halogens is 1. The fourth-order valence-electron chi connectivity index (χ4n) is 0.504. The van der Waals surface area contributed by atoms with Crippen LogP contribution < -0.4 is 21.5 Å². The zero-order valence-electron chi connectivity index (χ0n) is 4.83. The Labute approximate surface area is 68.5 Å². The van der Waals surface area contributed by atoms with E-state index in [4.69, 9.17) is 5.11 Å². The van der Waals surface area contributed by atoms with Crippen LogP contribution in [0.1, 0.15) is 0 Å². The van der Waals surface area contributed by atoms with Gasteiger partial charge in [-0.25, -0.2) is 0 Å². The molecule has 0 aliphatic heterocycles. The van der Waals surface area contributed by atoms with E-state index in [1.54, 1.807) is 11.3 Å². The summed E-state index contributed by atoms with van der Waals surface area (Å²) in [6.45, 7) is 0.935. The third kappa shape index (κ3) is 2.93. The highest BCUT2D eigenvalue weighted by molar-refractivity contribution is 7.07. The molecule has 52 valence electrons. The quantitative estimate of drug-likeness (QED) is 0.518. The molecule has 2 nitrogen and oxygen atoms in total. The molecule has 0 aromatic carbocycles. The number of aliphatic hydroxyl groups excluding tert-OH is 1. The molecule has 1 heterocycles. The van der Waals surface area contributed by atoms with Crippen molar-refractivity contribution in [3.05, 3.63) is 17.1 Å². The summed E-state index contributed by atoms with van der Waals surface area (Å²) in [4.78, 5) is 0. The Balaban J connectivity index is 0.000000640. The van der Waals surface area contributed by atoms with Crippen LogP contribution in [0.5, 0.6) is 0 Å². The van der Waals surface area contributed by atoms with Crippen molar-refractivity contribution in [2.24, 2.45) is 0 Å². The van der Waals surface area contributed by atoms with Crippen molar-refractivity contribution >= 4 is 11.3 Å². The monoisotopic (exact) mass is 209 g/mol. The first kappa shape index (κ1) is 9.07. The summed E-state index contributed by atoms with van der Waals surface area (Å²) in [7, 11) is 0. The van der Waals surface area contributed by atoms with Crippen LogP contribution in [0, 0.1) is 0 Å². The summed E-state index contributed by atoms with van der Waals surface area (Å²) in [6.07, 6.45) is 1.95. The Morgan fingerprint density at radius 3 is 2.78 bits per heavy atom. The second-order valence-electron chi connectivity index (χ2n) is 1.49. The summed E-state index contributed by atoms with van der Waals surface area (Å²) in [5.74, 6) is 0. The summed E-state index contributed by atoms with van der Waals surface area (Å²) in [6, 6.07) is 0. The fourth-order valence-corrected chi connectivity index (χ4v) is 1.13. The van der Waals surface area contributed by atoms with Crippen LogP contribution in [-0.4, -0.2) is 11.7 Å². The van der Waals surface area contributed by atoms with Gasteiger partial charge in [-0.15, -0.1) is 0 Å². The van der Waals surface area contributed by atoms with Crippen molar-refractivity contribution in [2.75, 3.05) is 6.61 Å². The Kier molecular flexibility index (Phi) is 4.94. The van der Waals surface area contributed by atoms with Crippen LogP contribution >= 0.6 is 11.3 Å². The number of nitrogens with zero attached hydrogens (tertiary/aromatic N) is 1. The standard InChI is InChI=1S/C5H8NOS.BrH/c7-3-1-6-2-4-8-5-6;/h2,4-5,7H,1,3H2;1H/q+1;/p-1. The minimum absolute atomic E-state index is 0. The molecule has 0 radical (unpaired) electrons. The maximum absolute atomic E-state index is 8.42. The molecule has 0 aliphatic rings. The number of aromatic nitrogens is 1. The Hall–Kier alpha value is 0.0700. The minimum atomic E-state index is 0. The van der Waals surface area contributed by atoms with Gasteiger partial charge in [-0.05, 0) is 0 Å². The van der Waals surface area contributed by atoms with E-state index >= 15 is 0 Å². The van der Waals surface area contributed by atoms with Gasteiger partial charge in [0.25, 0.3) is 0 Å². The number of aliphatic hydroxyl groups is 1. The van der Waals surface area contributed by atoms with E-state index in [-0.39, 0.29) is 23.6 Å². The molecular weight excluding hydrogens is 202 g/mol. The molecule has 0 bridgehead atoms. The topological polar surface area (TPSA) is 24.1 Å². The maximum atomic E-state index is 8.42. The van der Waals surface area contributed by atoms with E-state index in [2.05, 4.69) is 0 Å². The SMILES string of the molecule is OCC[n+]1ccsc1.[Br-]. The molecule has 1 aromatic heterocycles. The van der Waals surface area contributed by atoms with Gasteiger partial charge < -0.3 is 22.1 Å². The molecule has 4 heteroatoms. The first-order valence-corrected chi connectivity index (χ1v) is 3.40. The zero-order valence-corrected chi connectivity index (χ0v) is 7.23. The van der Waals surface area contributed by atoms with Gasteiger partial charge >= 0.3 is 0 Å². The number of hydrogen-bond donors (Lipinski definition) is 1. The van der Waals surface area contributed by atoms with Gasteiger partial charge in [0.2, 0.25) is 5.51 Å². The minimum Gasteiger partial charge on any atom is -1.00 e. The summed E-state index contributed by atoms with van der Waals surface area (Å²) in [5.41, 5.74) is 1.97. The lowest BCUT2D eigenvalue weighted by molar-refractivity contribution is -0.693. The molecule has 0 atom stereocenters. The van der Waals surface area contributed by atoms with Crippen LogP contribution in [0.15, 0.2) is 17.1 Å². The molecule has 0 saturated heterocycles. The van der Waals surface area contributed by atoms with Crippen molar-refractivity contribution in [3.63, 3.8) is 0 Å². The van der Waals surface area contributed by atoms with Crippen molar-refractivity contribution in [1.29, 1.82) is 0 Å². The molecule has 1 rings (SSSR count). The Bertz CT molecular complexity index is 143. The molecule has 9 heavy (non-hydrogen) atoms. The van der Waals surface area contributed by atoms with E-state index in [0.717, 1.165) is 0 Å². The summed E-state index contributed by atoms with van der Waals surface area (Å²) < 4.78 is 1.95. The van der Waals surface area contributed by atoms with Crippen molar-refractivity contribution in [1.82, 2.24) is 0 Å². The number of hydrogen-bond acceptors (Lipinski definition) is 2. The molecule has 0 amide bonds. The first-order valence-electron chi connectivity index (χ1n) is 2.45. The fraction of sp³-hybridized carbons (Fsp3) is 0.400. The van der Waals surface area contributed by atoms with Crippen LogP contribution in [0.4, 0.5) is 0 Å². The molecule has 0 spiro atoms. The zero-order chi connectivity index (χ0) is 5.82. The highest BCUT2D eigenvalue weighted by atomic mass is 79.9. The molecule has 0 saturated carbocycles. The largest absolute Gasteiger partial charge is 1.00 e. The van der Waals surface area contributed by atoms with Gasteiger partial charge in [-0.1, -0.05) is 11.3 Å². The second-order valence-corrected chi connectivity index (χ2v) is 2.24. The average molecular weight is 210 g/mol. The Morgan fingerprint density at radius 1 is 1.56 bits per heavy atom. The van der Waals surface area contributed by atoms with Gasteiger partial charge in [0.05, 0.1) is 5.38 Å². The Morgan fingerprint density at radius 2 is 2.33 bits per heavy atom. The predicted octanol–water partition coefficient (Wildman–Crippen LogP) is -2.97. The molecule has 1 N–H and O–H groups in total. The van der Waals surface area contributed by atoms with Crippen molar-refractivity contribution < 1.29 is 26.7 Å². The van der Waals surface area contributed by atoms with E-state index < -0.39 is 0 Å². The van der Waals surface area contributed by atoms with E-state index in [1.165, 1.54) is 0 Å². The van der Waals surface area contributed by atoms with Crippen LogP contribution in [0.3, 0.4) is 0 Å². The van der Waals surface area contributed by atoms with E-state index in [0.29, 0.717) is 6.54 Å². The highest BCUT2D eigenvalue weighted by Crippen LogP contribution is 1.85. The lowest BCUT2D eigenvalue weighted by Gasteiger charge is -1.81. The van der Waals surface area contributed by atoms with Gasteiger partial charge in [0, 0.05) is 0 Å². The third-order valence-electron chi connectivity index (χ3n) is 0.885. The lowest BCUT2D eigenvalue weighted by Crippen LogP contribution is -3.00. The summed E-state index contributed by atoms with van der Waals surface area (Å²) in [5, 5.41) is 10.4. The number of rotatable bonds is 2. The first-order chi connectivity index (χ1) is 3.93. The normalized spacial score (nSPS) is 8.56. The van der Waals surface area contributed by atoms with E-state index in [9.17, 15) is 0 Å². The van der Waals surface area contributed by atoms with Gasteiger partial charge in [-0.2, -0.15) is 4.57 Å². The number of thiazole rings is 1. The summed E-state index contributed by atoms with van der Waals surface area (Å²) >= 11 is 1.63. The smallest absolute Gasteiger partial charge is 0.224 e. The molecule has 1 aromatic rings. The maximum Gasteiger partial charge on any atom is 0.224 e. The van der Waals surface area contributed by atoms with E-state index in [1.807, 2.05) is 21.7 Å². The average Bonchev–Trinajstić information content (AvgIpc) is 2.19. The highest BCUT2D eigenvalue weighted by Gasteiger charge is 1.94. The lowest BCUT2D eigenvalue weighted by atomic mass is 10.7. The van der Waals surface area contributed by atoms with Gasteiger partial charge in [0.15, 0.2) is 12.7 Å². The van der Waals surface area contributed by atoms with Crippen LogP contribution in [-0.2, 0) is 6.54 Å². The molecule has 0 fully saturated rings. The molecule has 0 unspecified atom stereocenters. The van der Waals surface area contributed by atoms with Gasteiger partial charge in [-0.3, -0.25) is 0 Å². The van der Waals surface area contributed by atoms with Gasteiger partial charge in [0.1, 0.15) is 6.61 Å².